The van der Waals surface area contributed by atoms with E-state index in [0.29, 0.717) is 30.5 Å². The number of nitrogens with one attached hydrogen (secondary N) is 1. The van der Waals surface area contributed by atoms with Gasteiger partial charge in [0.2, 0.25) is 0 Å². The maximum Gasteiger partial charge on any atom is 0.136 e. The van der Waals surface area contributed by atoms with Gasteiger partial charge >= 0.3 is 0 Å². The lowest BCUT2D eigenvalue weighted by atomic mass is 10.0. The van der Waals surface area contributed by atoms with Crippen LogP contribution in [0.25, 0.3) is 6.08 Å². The molecular weight excluding hydrogens is 314 g/mol. The van der Waals surface area contributed by atoms with Gasteiger partial charge < -0.3 is 19.6 Å². The molecule has 0 saturated carbocycles. The zero-order valence-corrected chi connectivity index (χ0v) is 14.0. The van der Waals surface area contributed by atoms with Crippen molar-refractivity contribution < 1.29 is 14.3 Å². The van der Waals surface area contributed by atoms with Crippen LogP contribution in [0.1, 0.15) is 24.0 Å². The molecule has 2 heterocycles. The summed E-state index contributed by atoms with van der Waals surface area (Å²) in [5.41, 5.74) is 1.03. The summed E-state index contributed by atoms with van der Waals surface area (Å²) in [6, 6.07) is 9.24. The summed E-state index contributed by atoms with van der Waals surface area (Å²) in [5, 5.41) is 14.4. The van der Waals surface area contributed by atoms with E-state index in [9.17, 15) is 5.11 Å². The lowest BCUT2D eigenvalue weighted by Crippen LogP contribution is -2.36. The maximum absolute atomic E-state index is 10.5. The molecule has 122 valence electrons. The third kappa shape index (κ3) is 3.78. The average Bonchev–Trinajstić information content (AvgIpc) is 2.94. The van der Waals surface area contributed by atoms with Crippen LogP contribution in [0, 0.1) is 6.92 Å². The van der Waals surface area contributed by atoms with Crippen molar-refractivity contribution in [2.75, 3.05) is 19.7 Å². The van der Waals surface area contributed by atoms with Crippen LogP contribution in [0.5, 0.6) is 5.75 Å². The van der Waals surface area contributed by atoms with Gasteiger partial charge in [-0.1, -0.05) is 11.6 Å². The lowest BCUT2D eigenvalue weighted by Gasteiger charge is -2.23. The highest BCUT2D eigenvalue weighted by Crippen LogP contribution is 2.29. The molecule has 2 N–H and O–H groups in total. The van der Waals surface area contributed by atoms with Gasteiger partial charge in [-0.05, 0) is 55.8 Å². The monoisotopic (exact) mass is 333 g/mol. The van der Waals surface area contributed by atoms with Gasteiger partial charge in [-0.3, -0.25) is 0 Å². The van der Waals surface area contributed by atoms with Crippen LogP contribution in [0.3, 0.4) is 0 Å². The number of aryl methyl sites for hydroxylation is 1. The van der Waals surface area contributed by atoms with E-state index in [1.54, 1.807) is 13.0 Å². The first-order chi connectivity index (χ1) is 10.9. The van der Waals surface area contributed by atoms with Gasteiger partial charge in [0.1, 0.15) is 29.5 Å². The normalized spacial score (nSPS) is 16.3. The summed E-state index contributed by atoms with van der Waals surface area (Å²) >= 11 is 6.01. The van der Waals surface area contributed by atoms with Crippen molar-refractivity contribution in [1.29, 1.82) is 0 Å². The van der Waals surface area contributed by atoms with Crippen molar-refractivity contribution in [3.63, 3.8) is 0 Å². The molecule has 0 saturated heterocycles. The SMILES string of the molecule is Cc1ccc(C(C)(O)CNCC2=Cc3cc(Cl)ccc3OC2)o1. The number of fused-ring (bicyclic) bond motifs is 1. The summed E-state index contributed by atoms with van der Waals surface area (Å²) in [7, 11) is 0. The smallest absolute Gasteiger partial charge is 0.136 e. The van der Waals surface area contributed by atoms with E-state index in [2.05, 4.69) is 11.4 Å². The quantitative estimate of drug-likeness (QED) is 0.879. The van der Waals surface area contributed by atoms with E-state index in [4.69, 9.17) is 20.8 Å². The Kier molecular flexibility index (Phi) is 4.48. The van der Waals surface area contributed by atoms with Crippen molar-refractivity contribution in [2.45, 2.75) is 19.4 Å². The molecule has 1 atom stereocenters. The van der Waals surface area contributed by atoms with Gasteiger partial charge in [0, 0.05) is 23.7 Å². The van der Waals surface area contributed by atoms with E-state index < -0.39 is 5.60 Å². The molecule has 1 aromatic carbocycles. The number of hydrogen-bond acceptors (Lipinski definition) is 4. The number of rotatable bonds is 5. The number of halogens is 1. The van der Waals surface area contributed by atoms with Crippen LogP contribution in [-0.2, 0) is 5.60 Å². The number of hydrogen-bond donors (Lipinski definition) is 2. The Morgan fingerprint density at radius 3 is 2.87 bits per heavy atom. The molecule has 1 unspecified atom stereocenters. The minimum absolute atomic E-state index is 0.389. The van der Waals surface area contributed by atoms with E-state index in [1.807, 2.05) is 31.2 Å². The molecule has 4 nitrogen and oxygen atoms in total. The van der Waals surface area contributed by atoms with Crippen molar-refractivity contribution in [2.24, 2.45) is 0 Å². The summed E-state index contributed by atoms with van der Waals surface area (Å²) in [4.78, 5) is 0. The van der Waals surface area contributed by atoms with Gasteiger partial charge in [-0.25, -0.2) is 0 Å². The summed E-state index contributed by atoms with van der Waals surface area (Å²) < 4.78 is 11.2. The minimum atomic E-state index is -1.05. The molecule has 3 rings (SSSR count). The molecule has 2 aromatic rings. The fraction of sp³-hybridized carbons (Fsp3) is 0.333. The second-order valence-electron chi connectivity index (χ2n) is 6.06. The molecule has 5 heteroatoms. The van der Waals surface area contributed by atoms with E-state index >= 15 is 0 Å². The third-order valence-electron chi connectivity index (χ3n) is 3.84. The molecule has 23 heavy (non-hydrogen) atoms. The topological polar surface area (TPSA) is 54.6 Å². The molecular formula is C18H20ClNO3. The van der Waals surface area contributed by atoms with Crippen molar-refractivity contribution in [3.8, 4) is 5.75 Å². The van der Waals surface area contributed by atoms with Crippen molar-refractivity contribution in [1.82, 2.24) is 5.32 Å². The Bertz CT molecular complexity index is 734. The zero-order valence-electron chi connectivity index (χ0n) is 13.2. The van der Waals surface area contributed by atoms with Crippen LogP contribution in [0.15, 0.2) is 40.3 Å². The van der Waals surface area contributed by atoms with Crippen LogP contribution in [0.4, 0.5) is 0 Å². The van der Waals surface area contributed by atoms with Gasteiger partial charge in [0.25, 0.3) is 0 Å². The molecule has 1 aromatic heterocycles. The molecule has 0 spiro atoms. The average molecular weight is 334 g/mol. The fourth-order valence-electron chi connectivity index (χ4n) is 2.58. The highest BCUT2D eigenvalue weighted by molar-refractivity contribution is 6.30. The Morgan fingerprint density at radius 1 is 1.30 bits per heavy atom. The second-order valence-corrected chi connectivity index (χ2v) is 6.50. The molecule has 1 aliphatic heterocycles. The summed E-state index contributed by atoms with van der Waals surface area (Å²) in [6.45, 7) is 5.14. The second kappa shape index (κ2) is 6.40. The number of benzene rings is 1. The predicted molar refractivity (Wildman–Crippen MR) is 90.8 cm³/mol. The fourth-order valence-corrected chi connectivity index (χ4v) is 2.76. The van der Waals surface area contributed by atoms with E-state index in [-0.39, 0.29) is 0 Å². The zero-order chi connectivity index (χ0) is 16.4. The standard InChI is InChI=1S/C18H20ClNO3/c1-12-3-6-17(23-12)18(2,21)11-20-9-13-7-14-8-15(19)4-5-16(14)22-10-13/h3-8,20-21H,9-11H2,1-2H3. The first-order valence-electron chi connectivity index (χ1n) is 7.56. The molecule has 0 fully saturated rings. The first kappa shape index (κ1) is 16.1. The number of aliphatic hydroxyl groups is 1. The first-order valence-corrected chi connectivity index (χ1v) is 7.94. The Morgan fingerprint density at radius 2 is 2.13 bits per heavy atom. The predicted octanol–water partition coefficient (Wildman–Crippen LogP) is 3.51. The maximum atomic E-state index is 10.5. The van der Waals surface area contributed by atoms with Crippen molar-refractivity contribution in [3.05, 3.63) is 58.0 Å². The van der Waals surface area contributed by atoms with Gasteiger partial charge in [0.05, 0.1) is 0 Å². The Balaban J connectivity index is 1.61. The number of furan rings is 1. The molecule has 1 aliphatic rings. The number of ether oxygens (including phenoxy) is 1. The van der Waals surface area contributed by atoms with Crippen LogP contribution in [-0.4, -0.2) is 24.8 Å². The van der Waals surface area contributed by atoms with E-state index in [1.165, 1.54) is 0 Å². The molecule has 0 aliphatic carbocycles. The van der Waals surface area contributed by atoms with Crippen molar-refractivity contribution >= 4 is 17.7 Å². The van der Waals surface area contributed by atoms with E-state index in [0.717, 1.165) is 22.6 Å². The summed E-state index contributed by atoms with van der Waals surface area (Å²) in [5.74, 6) is 2.20. The highest BCUT2D eigenvalue weighted by atomic mass is 35.5. The van der Waals surface area contributed by atoms with Gasteiger partial charge in [0.15, 0.2) is 0 Å². The molecule has 0 bridgehead atoms. The summed E-state index contributed by atoms with van der Waals surface area (Å²) in [6.07, 6.45) is 2.07. The minimum Gasteiger partial charge on any atom is -0.489 e. The molecule has 0 amide bonds. The highest BCUT2D eigenvalue weighted by Gasteiger charge is 2.26. The Hall–Kier alpha value is -1.75. The van der Waals surface area contributed by atoms with Crippen LogP contribution in [0.2, 0.25) is 5.02 Å². The van der Waals surface area contributed by atoms with Crippen LogP contribution < -0.4 is 10.1 Å². The lowest BCUT2D eigenvalue weighted by molar-refractivity contribution is 0.0342. The molecule has 0 radical (unpaired) electrons. The van der Waals surface area contributed by atoms with Gasteiger partial charge in [-0.2, -0.15) is 0 Å². The van der Waals surface area contributed by atoms with Crippen LogP contribution >= 0.6 is 11.6 Å². The van der Waals surface area contributed by atoms with Gasteiger partial charge in [-0.15, -0.1) is 0 Å². The Labute approximate surface area is 140 Å². The third-order valence-corrected chi connectivity index (χ3v) is 4.07. The largest absolute Gasteiger partial charge is 0.489 e.